The van der Waals surface area contributed by atoms with Crippen molar-refractivity contribution in [3.63, 3.8) is 0 Å². The Labute approximate surface area is 124 Å². The number of fused-ring (bicyclic) bond motifs is 1. The summed E-state index contributed by atoms with van der Waals surface area (Å²) in [7, 11) is 0. The first-order chi connectivity index (χ1) is 10.1. The topological polar surface area (TPSA) is 65.1 Å². The van der Waals surface area contributed by atoms with Crippen LogP contribution in [0.1, 0.15) is 14.5 Å². The number of nitro groups is 1. The third-order valence-electron chi connectivity index (χ3n) is 3.32. The Morgan fingerprint density at radius 1 is 1.29 bits per heavy atom. The number of hydrogen-bond donors (Lipinski definition) is 0. The van der Waals surface area contributed by atoms with Crippen molar-refractivity contribution in [1.82, 2.24) is 4.57 Å². The van der Waals surface area contributed by atoms with Gasteiger partial charge in [0.1, 0.15) is 0 Å². The summed E-state index contributed by atoms with van der Waals surface area (Å²) in [6.07, 6.45) is 1.72. The minimum Gasteiger partial charge on any atom is -0.339 e. The van der Waals surface area contributed by atoms with Crippen LogP contribution in [0.5, 0.6) is 0 Å². The van der Waals surface area contributed by atoms with Crippen molar-refractivity contribution >= 4 is 33.7 Å². The Morgan fingerprint density at radius 2 is 2.10 bits per heavy atom. The minimum atomic E-state index is -0.406. The maximum atomic E-state index is 12.2. The number of carbonyl (C=O) groups is 1. The zero-order chi connectivity index (χ0) is 15.0. The summed E-state index contributed by atoms with van der Waals surface area (Å²) in [6.45, 7) is 2.14. The average Bonchev–Trinajstić information content (AvgIpc) is 3.05. The molecule has 0 saturated heterocycles. The highest BCUT2D eigenvalue weighted by atomic mass is 32.1. The largest absolute Gasteiger partial charge is 0.339 e. The molecule has 0 saturated carbocycles. The summed E-state index contributed by atoms with van der Waals surface area (Å²) in [5.41, 5.74) is 0.761. The molecule has 21 heavy (non-hydrogen) atoms. The number of benzene rings is 1. The maximum Gasteiger partial charge on any atom is 0.278 e. The Kier molecular flexibility index (Phi) is 3.31. The highest BCUT2D eigenvalue weighted by Gasteiger charge is 2.16. The van der Waals surface area contributed by atoms with Crippen LogP contribution < -0.4 is 0 Å². The van der Waals surface area contributed by atoms with E-state index in [1.54, 1.807) is 29.0 Å². The molecule has 3 aromatic rings. The SMILES string of the molecule is Cc1ccc(C(=O)Cn2ccc3c([N+](=O)[O-])cccc32)s1. The molecular formula is C15H12N2O3S. The van der Waals surface area contributed by atoms with Crippen molar-refractivity contribution in [2.75, 3.05) is 0 Å². The third kappa shape index (κ3) is 2.45. The van der Waals surface area contributed by atoms with Gasteiger partial charge in [-0.05, 0) is 31.2 Å². The van der Waals surface area contributed by atoms with Crippen LogP contribution in [0.4, 0.5) is 5.69 Å². The van der Waals surface area contributed by atoms with Gasteiger partial charge in [-0.1, -0.05) is 6.07 Å². The molecule has 0 fully saturated rings. The van der Waals surface area contributed by atoms with E-state index in [1.165, 1.54) is 17.4 Å². The van der Waals surface area contributed by atoms with E-state index in [-0.39, 0.29) is 18.0 Å². The highest BCUT2D eigenvalue weighted by molar-refractivity contribution is 7.14. The number of thiophene rings is 1. The fourth-order valence-corrected chi connectivity index (χ4v) is 3.12. The number of aryl methyl sites for hydroxylation is 1. The fraction of sp³-hybridized carbons (Fsp3) is 0.133. The Hall–Kier alpha value is -2.47. The molecular weight excluding hydrogens is 288 g/mol. The Morgan fingerprint density at radius 3 is 2.76 bits per heavy atom. The zero-order valence-corrected chi connectivity index (χ0v) is 12.1. The van der Waals surface area contributed by atoms with Crippen LogP contribution in [-0.2, 0) is 6.54 Å². The molecule has 3 rings (SSSR count). The predicted molar refractivity (Wildman–Crippen MR) is 82.0 cm³/mol. The average molecular weight is 300 g/mol. The molecule has 0 aliphatic carbocycles. The van der Waals surface area contributed by atoms with Gasteiger partial charge in [0, 0.05) is 17.1 Å². The highest BCUT2D eigenvalue weighted by Crippen LogP contribution is 2.26. The molecule has 0 unspecified atom stereocenters. The molecule has 5 nitrogen and oxygen atoms in total. The standard InChI is InChI=1S/C15H12N2O3S/c1-10-5-6-15(21-10)14(18)9-16-8-7-11-12(16)3-2-4-13(11)17(19)20/h2-8H,9H2,1H3. The molecule has 1 aromatic carbocycles. The van der Waals surface area contributed by atoms with Gasteiger partial charge in [-0.25, -0.2) is 0 Å². The number of ketones is 1. The van der Waals surface area contributed by atoms with E-state index in [1.807, 2.05) is 19.1 Å². The second-order valence-corrected chi connectivity index (χ2v) is 6.03. The van der Waals surface area contributed by atoms with E-state index in [2.05, 4.69) is 0 Å². The molecule has 0 aliphatic heterocycles. The van der Waals surface area contributed by atoms with E-state index in [4.69, 9.17) is 0 Å². The van der Waals surface area contributed by atoms with Crippen LogP contribution in [0.15, 0.2) is 42.6 Å². The fourth-order valence-electron chi connectivity index (χ4n) is 2.32. The number of rotatable bonds is 4. The van der Waals surface area contributed by atoms with Crippen molar-refractivity contribution in [2.45, 2.75) is 13.5 Å². The lowest BCUT2D eigenvalue weighted by molar-refractivity contribution is -0.383. The summed E-state index contributed by atoms with van der Waals surface area (Å²) in [5, 5.41) is 11.6. The second kappa shape index (κ2) is 5.14. The molecule has 0 radical (unpaired) electrons. The summed E-state index contributed by atoms with van der Waals surface area (Å²) in [6, 6.07) is 10.3. The van der Waals surface area contributed by atoms with E-state index in [0.717, 1.165) is 4.88 Å². The molecule has 0 atom stereocenters. The lowest BCUT2D eigenvalue weighted by atomic mass is 10.2. The first kappa shape index (κ1) is 13.5. The normalized spacial score (nSPS) is 10.9. The van der Waals surface area contributed by atoms with Gasteiger partial charge in [-0.15, -0.1) is 11.3 Å². The number of non-ortho nitro benzene ring substituents is 1. The monoisotopic (exact) mass is 300 g/mol. The summed E-state index contributed by atoms with van der Waals surface area (Å²) in [4.78, 5) is 24.6. The van der Waals surface area contributed by atoms with Gasteiger partial charge < -0.3 is 4.57 Å². The van der Waals surface area contributed by atoms with Crippen molar-refractivity contribution in [3.05, 3.63) is 62.5 Å². The van der Waals surface area contributed by atoms with Crippen molar-refractivity contribution < 1.29 is 9.72 Å². The van der Waals surface area contributed by atoms with Gasteiger partial charge in [0.2, 0.25) is 0 Å². The van der Waals surface area contributed by atoms with Crippen LogP contribution in [-0.4, -0.2) is 15.3 Å². The Balaban J connectivity index is 1.97. The third-order valence-corrected chi connectivity index (χ3v) is 4.36. The molecule has 2 heterocycles. The molecule has 0 spiro atoms. The van der Waals surface area contributed by atoms with Gasteiger partial charge in [0.05, 0.1) is 27.2 Å². The minimum absolute atomic E-state index is 0.0112. The van der Waals surface area contributed by atoms with E-state index in [9.17, 15) is 14.9 Å². The quantitative estimate of drug-likeness (QED) is 0.418. The predicted octanol–water partition coefficient (Wildman–Crippen LogP) is 3.80. The number of nitro benzene ring substituents is 1. The van der Waals surface area contributed by atoms with Crippen molar-refractivity contribution in [2.24, 2.45) is 0 Å². The van der Waals surface area contributed by atoms with Crippen molar-refractivity contribution in [1.29, 1.82) is 0 Å². The van der Waals surface area contributed by atoms with Gasteiger partial charge in [-0.2, -0.15) is 0 Å². The van der Waals surface area contributed by atoms with E-state index in [0.29, 0.717) is 15.8 Å². The van der Waals surface area contributed by atoms with Gasteiger partial charge >= 0.3 is 0 Å². The summed E-state index contributed by atoms with van der Waals surface area (Å²) >= 11 is 1.46. The van der Waals surface area contributed by atoms with Gasteiger partial charge in [0.25, 0.3) is 5.69 Å². The molecule has 0 bridgehead atoms. The van der Waals surface area contributed by atoms with E-state index >= 15 is 0 Å². The number of aromatic nitrogens is 1. The first-order valence-corrected chi connectivity index (χ1v) is 7.20. The lowest BCUT2D eigenvalue weighted by Gasteiger charge is -2.03. The maximum absolute atomic E-state index is 12.2. The van der Waals surface area contributed by atoms with Gasteiger partial charge in [0.15, 0.2) is 5.78 Å². The molecule has 2 aromatic heterocycles. The van der Waals surface area contributed by atoms with Crippen LogP contribution in [0.3, 0.4) is 0 Å². The number of Topliss-reactive ketones (excluding diaryl/α,β-unsaturated/α-hetero) is 1. The Bertz CT molecular complexity index is 848. The smallest absolute Gasteiger partial charge is 0.278 e. The molecule has 0 aliphatic rings. The second-order valence-electron chi connectivity index (χ2n) is 4.74. The summed E-state index contributed by atoms with van der Waals surface area (Å²) in [5.74, 6) is 0.0112. The van der Waals surface area contributed by atoms with Crippen LogP contribution in [0, 0.1) is 17.0 Å². The molecule has 0 amide bonds. The summed E-state index contributed by atoms with van der Waals surface area (Å²) < 4.78 is 1.75. The molecule has 0 N–H and O–H groups in total. The first-order valence-electron chi connectivity index (χ1n) is 6.38. The lowest BCUT2D eigenvalue weighted by Crippen LogP contribution is -2.07. The van der Waals surface area contributed by atoms with Crippen LogP contribution in [0.2, 0.25) is 0 Å². The zero-order valence-electron chi connectivity index (χ0n) is 11.3. The number of hydrogen-bond acceptors (Lipinski definition) is 4. The van der Waals surface area contributed by atoms with Crippen molar-refractivity contribution in [3.8, 4) is 0 Å². The van der Waals surface area contributed by atoms with E-state index < -0.39 is 4.92 Å². The molecule has 6 heteroatoms. The van der Waals surface area contributed by atoms with Crippen LogP contribution >= 0.6 is 11.3 Å². The van der Waals surface area contributed by atoms with Gasteiger partial charge in [-0.3, -0.25) is 14.9 Å². The van der Waals surface area contributed by atoms with Crippen LogP contribution in [0.25, 0.3) is 10.9 Å². The number of nitrogens with zero attached hydrogens (tertiary/aromatic N) is 2. The molecule has 106 valence electrons. The number of carbonyl (C=O) groups excluding carboxylic acids is 1.